The first kappa shape index (κ1) is 17.6. The molecule has 0 aliphatic carbocycles. The second-order valence-electron chi connectivity index (χ2n) is 4.60. The minimum atomic E-state index is -0.312. The van der Waals surface area contributed by atoms with Gasteiger partial charge in [-0.3, -0.25) is 4.79 Å². The third kappa shape index (κ3) is 4.86. The van der Waals surface area contributed by atoms with Crippen molar-refractivity contribution in [2.75, 3.05) is 13.7 Å². The van der Waals surface area contributed by atoms with Gasteiger partial charge in [0.15, 0.2) is 0 Å². The molecule has 0 radical (unpaired) electrons. The van der Waals surface area contributed by atoms with Crippen molar-refractivity contribution in [1.82, 2.24) is 5.43 Å². The highest BCUT2D eigenvalue weighted by molar-refractivity contribution is 9.10. The molecule has 0 fully saturated rings. The second-order valence-corrected chi connectivity index (χ2v) is 5.52. The maximum absolute atomic E-state index is 12.0. The molecule has 0 heterocycles. The van der Waals surface area contributed by atoms with E-state index < -0.39 is 0 Å². The summed E-state index contributed by atoms with van der Waals surface area (Å²) in [5.74, 6) is 3.28. The molecule has 2 aromatic carbocycles. The van der Waals surface area contributed by atoms with Gasteiger partial charge in [-0.1, -0.05) is 21.9 Å². The molecule has 1 amide bonds. The highest BCUT2D eigenvalue weighted by Crippen LogP contribution is 2.22. The third-order valence-electron chi connectivity index (χ3n) is 3.00. The van der Waals surface area contributed by atoms with Gasteiger partial charge in [0.05, 0.1) is 13.3 Å². The van der Waals surface area contributed by atoms with Gasteiger partial charge in [0.2, 0.25) is 0 Å². The van der Waals surface area contributed by atoms with Gasteiger partial charge in [-0.2, -0.15) is 5.10 Å². The van der Waals surface area contributed by atoms with Crippen LogP contribution in [0.4, 0.5) is 0 Å². The summed E-state index contributed by atoms with van der Waals surface area (Å²) in [5, 5.41) is 3.96. The Balaban J connectivity index is 2.11. The van der Waals surface area contributed by atoms with E-state index in [1.54, 1.807) is 49.6 Å². The Hall–Kier alpha value is -2.78. The quantitative estimate of drug-likeness (QED) is 0.470. The van der Waals surface area contributed by atoms with Crippen LogP contribution in [-0.2, 0) is 0 Å². The zero-order valence-corrected chi connectivity index (χ0v) is 14.5. The fourth-order valence-electron chi connectivity index (χ4n) is 1.83. The number of hydrazone groups is 1. The number of benzene rings is 2. The lowest BCUT2D eigenvalue weighted by atomic mass is 10.2. The number of ether oxygens (including phenoxy) is 2. The lowest BCUT2D eigenvalue weighted by Crippen LogP contribution is -2.17. The Kier molecular flexibility index (Phi) is 6.41. The molecular weight excluding hydrogens is 372 g/mol. The van der Waals surface area contributed by atoms with Crippen LogP contribution in [0.3, 0.4) is 0 Å². The summed E-state index contributed by atoms with van der Waals surface area (Å²) in [6.45, 7) is 0.137. The summed E-state index contributed by atoms with van der Waals surface area (Å²) < 4.78 is 11.5. The number of hydrogen-bond donors (Lipinski definition) is 1. The topological polar surface area (TPSA) is 59.9 Å². The molecule has 0 saturated heterocycles. The summed E-state index contributed by atoms with van der Waals surface area (Å²) in [5.41, 5.74) is 3.61. The van der Waals surface area contributed by atoms with Crippen LogP contribution in [0.25, 0.3) is 0 Å². The summed E-state index contributed by atoms with van der Waals surface area (Å²) in [7, 11) is 1.56. The first-order chi connectivity index (χ1) is 11.6. The largest absolute Gasteiger partial charge is 0.497 e. The summed E-state index contributed by atoms with van der Waals surface area (Å²) in [6, 6.07) is 12.2. The number of nitrogens with one attached hydrogen (secondary N) is 1. The molecule has 2 aromatic rings. The van der Waals surface area contributed by atoms with E-state index in [1.165, 1.54) is 6.21 Å². The average molecular weight is 387 g/mol. The van der Waals surface area contributed by atoms with Crippen molar-refractivity contribution in [3.63, 3.8) is 0 Å². The van der Waals surface area contributed by atoms with Crippen LogP contribution in [0.1, 0.15) is 15.9 Å². The molecule has 2 rings (SSSR count). The van der Waals surface area contributed by atoms with E-state index in [1.807, 2.05) is 0 Å². The number of carbonyl (C=O) groups excluding carboxylic acids is 1. The van der Waals surface area contributed by atoms with Crippen molar-refractivity contribution in [1.29, 1.82) is 0 Å². The van der Waals surface area contributed by atoms with Gasteiger partial charge in [-0.05, 0) is 42.5 Å². The molecule has 0 aliphatic rings. The summed E-state index contributed by atoms with van der Waals surface area (Å²) in [4.78, 5) is 12.0. The first-order valence-corrected chi connectivity index (χ1v) is 7.76. The first-order valence-electron chi connectivity index (χ1n) is 6.97. The van der Waals surface area contributed by atoms with E-state index in [2.05, 4.69) is 32.4 Å². The SMILES string of the molecule is C#CCOc1ccc(OC)cc1/C=N\NC(=O)c1ccc(Br)cc1. The van der Waals surface area contributed by atoms with Crippen molar-refractivity contribution >= 4 is 28.1 Å². The number of halogens is 1. The number of rotatable bonds is 6. The minimum absolute atomic E-state index is 0.137. The van der Waals surface area contributed by atoms with Crippen LogP contribution in [-0.4, -0.2) is 25.8 Å². The Morgan fingerprint density at radius 2 is 2.08 bits per heavy atom. The highest BCUT2D eigenvalue weighted by atomic mass is 79.9. The highest BCUT2D eigenvalue weighted by Gasteiger charge is 2.06. The Morgan fingerprint density at radius 1 is 1.33 bits per heavy atom. The zero-order valence-electron chi connectivity index (χ0n) is 13.0. The van der Waals surface area contributed by atoms with Gasteiger partial charge in [-0.15, -0.1) is 6.42 Å². The lowest BCUT2D eigenvalue weighted by molar-refractivity contribution is 0.0955. The van der Waals surface area contributed by atoms with E-state index in [9.17, 15) is 4.79 Å². The Bertz CT molecular complexity index is 780. The molecule has 5 nitrogen and oxygen atoms in total. The van der Waals surface area contributed by atoms with E-state index in [-0.39, 0.29) is 12.5 Å². The molecule has 0 saturated carbocycles. The number of amides is 1. The molecule has 122 valence electrons. The third-order valence-corrected chi connectivity index (χ3v) is 3.53. The van der Waals surface area contributed by atoms with Crippen LogP contribution >= 0.6 is 15.9 Å². The number of hydrogen-bond acceptors (Lipinski definition) is 4. The number of nitrogens with zero attached hydrogens (tertiary/aromatic N) is 1. The number of carbonyl (C=O) groups is 1. The van der Waals surface area contributed by atoms with Crippen molar-refractivity contribution < 1.29 is 14.3 Å². The minimum Gasteiger partial charge on any atom is -0.497 e. The van der Waals surface area contributed by atoms with Gasteiger partial charge < -0.3 is 9.47 Å². The lowest BCUT2D eigenvalue weighted by Gasteiger charge is -2.08. The van der Waals surface area contributed by atoms with Crippen LogP contribution in [0, 0.1) is 12.3 Å². The molecule has 0 unspecified atom stereocenters. The van der Waals surface area contributed by atoms with Gasteiger partial charge in [-0.25, -0.2) is 5.43 Å². The molecule has 0 aromatic heterocycles. The maximum Gasteiger partial charge on any atom is 0.271 e. The van der Waals surface area contributed by atoms with Gasteiger partial charge in [0, 0.05) is 15.6 Å². The molecule has 0 spiro atoms. The van der Waals surface area contributed by atoms with E-state index >= 15 is 0 Å². The fourth-order valence-corrected chi connectivity index (χ4v) is 2.10. The molecule has 0 bridgehead atoms. The van der Waals surface area contributed by atoms with Crippen LogP contribution in [0.2, 0.25) is 0 Å². The molecule has 0 aliphatic heterocycles. The second kappa shape index (κ2) is 8.75. The smallest absolute Gasteiger partial charge is 0.271 e. The molecule has 1 N–H and O–H groups in total. The Morgan fingerprint density at radius 3 is 2.75 bits per heavy atom. The predicted octanol–water partition coefficient (Wildman–Crippen LogP) is 3.23. The fraction of sp³-hybridized carbons (Fsp3) is 0.111. The summed E-state index contributed by atoms with van der Waals surface area (Å²) in [6.07, 6.45) is 6.68. The molecule has 24 heavy (non-hydrogen) atoms. The van der Waals surface area contributed by atoms with E-state index in [0.717, 1.165) is 4.47 Å². The zero-order chi connectivity index (χ0) is 17.4. The molecule has 0 atom stereocenters. The maximum atomic E-state index is 12.0. The van der Waals surface area contributed by atoms with Crippen molar-refractivity contribution in [3.05, 3.63) is 58.1 Å². The Labute approximate surface area is 148 Å². The standard InChI is InChI=1S/C18H15BrN2O3/c1-3-10-24-17-9-8-16(23-2)11-14(17)12-20-21-18(22)13-4-6-15(19)7-5-13/h1,4-9,11-12H,10H2,2H3,(H,21,22)/b20-12-. The van der Waals surface area contributed by atoms with E-state index in [0.29, 0.717) is 22.6 Å². The predicted molar refractivity (Wildman–Crippen MR) is 96.5 cm³/mol. The van der Waals surface area contributed by atoms with Crippen LogP contribution < -0.4 is 14.9 Å². The summed E-state index contributed by atoms with van der Waals surface area (Å²) >= 11 is 3.32. The van der Waals surface area contributed by atoms with Gasteiger partial charge >= 0.3 is 0 Å². The normalized spacial score (nSPS) is 10.2. The average Bonchev–Trinajstić information content (AvgIpc) is 2.61. The number of methoxy groups -OCH3 is 1. The van der Waals surface area contributed by atoms with Crippen molar-refractivity contribution in [3.8, 4) is 23.8 Å². The molecule has 6 heteroatoms. The van der Waals surface area contributed by atoms with E-state index in [4.69, 9.17) is 15.9 Å². The van der Waals surface area contributed by atoms with Crippen molar-refractivity contribution in [2.24, 2.45) is 5.10 Å². The van der Waals surface area contributed by atoms with Crippen LogP contribution in [0.15, 0.2) is 52.0 Å². The monoisotopic (exact) mass is 386 g/mol. The van der Waals surface area contributed by atoms with Crippen LogP contribution in [0.5, 0.6) is 11.5 Å². The van der Waals surface area contributed by atoms with Crippen molar-refractivity contribution in [2.45, 2.75) is 0 Å². The molecular formula is C18H15BrN2O3. The number of terminal acetylenes is 1. The van der Waals surface area contributed by atoms with Gasteiger partial charge in [0.1, 0.15) is 18.1 Å². The van der Waals surface area contributed by atoms with Gasteiger partial charge in [0.25, 0.3) is 5.91 Å².